The zero-order valence-electron chi connectivity index (χ0n) is 15.7. The predicted molar refractivity (Wildman–Crippen MR) is 119 cm³/mol. The Morgan fingerprint density at radius 2 is 1.93 bits per heavy atom. The second-order valence-electron chi connectivity index (χ2n) is 6.74. The quantitative estimate of drug-likeness (QED) is 0.462. The first-order chi connectivity index (χ1) is 14.4. The zero-order valence-corrected chi connectivity index (χ0v) is 18.0. The van der Waals surface area contributed by atoms with E-state index in [1.807, 2.05) is 24.3 Å². The van der Waals surface area contributed by atoms with Gasteiger partial charge in [0, 0.05) is 12.2 Å². The number of benzene rings is 2. The van der Waals surface area contributed by atoms with Gasteiger partial charge in [-0.3, -0.25) is 14.2 Å². The minimum Gasteiger partial charge on any atom is -0.493 e. The molecule has 6 nitrogen and oxygen atoms in total. The van der Waals surface area contributed by atoms with Gasteiger partial charge in [-0.15, -0.1) is 0 Å². The van der Waals surface area contributed by atoms with Gasteiger partial charge in [-0.05, 0) is 42.7 Å². The van der Waals surface area contributed by atoms with Crippen molar-refractivity contribution in [3.05, 3.63) is 74.5 Å². The number of fused-ring (bicyclic) bond motifs is 1. The second-order valence-corrected chi connectivity index (χ2v) is 8.49. The molecule has 1 aliphatic rings. The van der Waals surface area contributed by atoms with E-state index < -0.39 is 11.4 Å². The first-order valence-electron chi connectivity index (χ1n) is 9.23. The topological polar surface area (TPSA) is 75.4 Å². The highest BCUT2D eigenvalue weighted by Crippen LogP contribution is 2.29. The average molecular weight is 462 g/mol. The fourth-order valence-electron chi connectivity index (χ4n) is 3.41. The first kappa shape index (κ1) is 20.8. The number of carbonyl (C=O) groups is 1. The number of aromatic hydroxyl groups is 1. The van der Waals surface area contributed by atoms with Crippen LogP contribution in [0.15, 0.2) is 58.5 Å². The lowest BCUT2D eigenvalue weighted by Crippen LogP contribution is -2.36. The third-order valence-electron chi connectivity index (χ3n) is 4.77. The van der Waals surface area contributed by atoms with Crippen molar-refractivity contribution >= 4 is 46.6 Å². The number of amides is 1. The number of rotatable bonds is 4. The second kappa shape index (κ2) is 8.71. The molecule has 1 aliphatic heterocycles. The van der Waals surface area contributed by atoms with E-state index in [1.165, 1.54) is 10.6 Å². The van der Waals surface area contributed by atoms with Crippen LogP contribution in [0.4, 0.5) is 5.69 Å². The fourth-order valence-corrected chi connectivity index (χ4v) is 4.59. The molecule has 9 heteroatoms. The van der Waals surface area contributed by atoms with Gasteiger partial charge in [-0.1, -0.05) is 53.2 Å². The van der Waals surface area contributed by atoms with Crippen LogP contribution in [0.25, 0.3) is 5.69 Å². The molecule has 0 unspecified atom stereocenters. The number of hydrogen-bond donors (Lipinski definition) is 1. The smallest absolute Gasteiger partial charge is 0.262 e. The molecular formula is C21H17Cl2N3O3S. The Hall–Kier alpha value is -2.48. The van der Waals surface area contributed by atoms with Crippen molar-refractivity contribution < 1.29 is 9.90 Å². The maximum absolute atomic E-state index is 12.9. The Balaban J connectivity index is 1.62. The molecule has 154 valence electrons. The summed E-state index contributed by atoms with van der Waals surface area (Å²) in [5.74, 6) is -0.439. The molecule has 1 N–H and O–H groups in total. The van der Waals surface area contributed by atoms with Gasteiger partial charge >= 0.3 is 0 Å². The van der Waals surface area contributed by atoms with Crippen molar-refractivity contribution in [1.29, 1.82) is 0 Å². The molecule has 0 fully saturated rings. The van der Waals surface area contributed by atoms with E-state index >= 15 is 0 Å². The number of aryl methyl sites for hydroxylation is 1. The number of para-hydroxylation sites is 1. The predicted octanol–water partition coefficient (Wildman–Crippen LogP) is 4.32. The van der Waals surface area contributed by atoms with Crippen LogP contribution in [0.5, 0.6) is 5.88 Å². The molecule has 4 rings (SSSR count). The van der Waals surface area contributed by atoms with E-state index in [0.29, 0.717) is 17.3 Å². The molecule has 1 aromatic heterocycles. The van der Waals surface area contributed by atoms with Crippen molar-refractivity contribution in [2.24, 2.45) is 0 Å². The van der Waals surface area contributed by atoms with Gasteiger partial charge < -0.3 is 10.0 Å². The van der Waals surface area contributed by atoms with Gasteiger partial charge in [0.25, 0.3) is 5.56 Å². The van der Waals surface area contributed by atoms with Crippen LogP contribution >= 0.6 is 35.0 Å². The summed E-state index contributed by atoms with van der Waals surface area (Å²) in [5.41, 5.74) is 2.02. The fraction of sp³-hybridized carbons (Fsp3) is 0.190. The summed E-state index contributed by atoms with van der Waals surface area (Å²) in [6.07, 6.45) is 1.84. The Kier molecular flexibility index (Phi) is 6.04. The molecule has 0 radical (unpaired) electrons. The lowest BCUT2D eigenvalue weighted by atomic mass is 10.0. The summed E-state index contributed by atoms with van der Waals surface area (Å²) < 4.78 is 1.30. The van der Waals surface area contributed by atoms with E-state index in [4.69, 9.17) is 23.2 Å². The Morgan fingerprint density at radius 1 is 1.13 bits per heavy atom. The minimum absolute atomic E-state index is 0.0611. The van der Waals surface area contributed by atoms with Gasteiger partial charge in [-0.25, -0.2) is 0 Å². The molecule has 30 heavy (non-hydrogen) atoms. The van der Waals surface area contributed by atoms with Gasteiger partial charge in [0.15, 0.2) is 5.16 Å². The van der Waals surface area contributed by atoms with Crippen molar-refractivity contribution in [2.75, 3.05) is 17.2 Å². The van der Waals surface area contributed by atoms with Crippen LogP contribution in [-0.2, 0) is 11.2 Å². The van der Waals surface area contributed by atoms with Gasteiger partial charge in [0.1, 0.15) is 0 Å². The number of anilines is 1. The van der Waals surface area contributed by atoms with Crippen molar-refractivity contribution in [3.63, 3.8) is 0 Å². The van der Waals surface area contributed by atoms with Gasteiger partial charge in [-0.2, -0.15) is 4.98 Å². The molecule has 2 heterocycles. The van der Waals surface area contributed by atoms with Crippen molar-refractivity contribution in [1.82, 2.24) is 9.55 Å². The van der Waals surface area contributed by atoms with Crippen LogP contribution in [0.1, 0.15) is 12.0 Å². The Bertz CT molecular complexity index is 1180. The number of nitrogens with zero attached hydrogens (tertiary/aromatic N) is 3. The maximum Gasteiger partial charge on any atom is 0.262 e. The van der Waals surface area contributed by atoms with E-state index in [-0.39, 0.29) is 21.8 Å². The minimum atomic E-state index is -0.487. The largest absolute Gasteiger partial charge is 0.493 e. The number of carbonyl (C=O) groups excluding carboxylic acids is 1. The molecule has 0 aliphatic carbocycles. The first-order valence-corrected chi connectivity index (χ1v) is 11.0. The van der Waals surface area contributed by atoms with Crippen LogP contribution in [-0.4, -0.2) is 32.9 Å². The summed E-state index contributed by atoms with van der Waals surface area (Å²) in [7, 11) is 0. The van der Waals surface area contributed by atoms with Gasteiger partial charge in [0.2, 0.25) is 11.8 Å². The average Bonchev–Trinajstić information content (AvgIpc) is 2.73. The SMILES string of the molecule is O=C(CSc1nc(O)cc(=O)n1-c1ccc(Cl)c(Cl)c1)N1CCCc2ccccc21. The number of hydrogen-bond acceptors (Lipinski definition) is 5. The standard InChI is InChI=1S/C21H17Cl2N3O3S/c22-15-8-7-14(10-16(15)23)26-19(28)11-18(27)24-21(26)30-12-20(29)25-9-3-5-13-4-1-2-6-17(13)25/h1-2,4,6-8,10-11,27H,3,5,9,12H2. The van der Waals surface area contributed by atoms with Crippen molar-refractivity contribution in [2.45, 2.75) is 18.0 Å². The highest BCUT2D eigenvalue weighted by atomic mass is 35.5. The number of halogens is 2. The molecule has 0 saturated heterocycles. The summed E-state index contributed by atoms with van der Waals surface area (Å²) in [4.78, 5) is 31.3. The zero-order chi connectivity index (χ0) is 21.3. The van der Waals surface area contributed by atoms with Crippen LogP contribution < -0.4 is 10.5 Å². The molecule has 0 atom stereocenters. The van der Waals surface area contributed by atoms with Crippen LogP contribution in [0.2, 0.25) is 10.0 Å². The van der Waals surface area contributed by atoms with E-state index in [1.54, 1.807) is 17.0 Å². The van der Waals surface area contributed by atoms with Gasteiger partial charge in [0.05, 0.1) is 27.6 Å². The summed E-state index contributed by atoms with van der Waals surface area (Å²) in [5, 5.41) is 10.7. The van der Waals surface area contributed by atoms with E-state index in [0.717, 1.165) is 41.9 Å². The molecule has 3 aromatic rings. The third-order valence-corrected chi connectivity index (χ3v) is 6.43. The highest BCUT2D eigenvalue weighted by molar-refractivity contribution is 7.99. The lowest BCUT2D eigenvalue weighted by molar-refractivity contribution is -0.116. The van der Waals surface area contributed by atoms with Crippen LogP contribution in [0.3, 0.4) is 0 Å². The molecule has 0 spiro atoms. The van der Waals surface area contributed by atoms with E-state index in [2.05, 4.69) is 4.98 Å². The Morgan fingerprint density at radius 3 is 2.73 bits per heavy atom. The lowest BCUT2D eigenvalue weighted by Gasteiger charge is -2.29. The molecule has 0 saturated carbocycles. The number of thioether (sulfide) groups is 1. The maximum atomic E-state index is 12.9. The summed E-state index contributed by atoms with van der Waals surface area (Å²) in [6.45, 7) is 0.642. The molecular weight excluding hydrogens is 445 g/mol. The summed E-state index contributed by atoms with van der Waals surface area (Å²) >= 11 is 13.1. The molecule has 2 aromatic carbocycles. The summed E-state index contributed by atoms with van der Waals surface area (Å²) in [6, 6.07) is 13.6. The molecule has 0 bridgehead atoms. The highest BCUT2D eigenvalue weighted by Gasteiger charge is 2.23. The normalized spacial score (nSPS) is 13.2. The molecule has 1 amide bonds. The number of aromatic nitrogens is 2. The van der Waals surface area contributed by atoms with E-state index in [9.17, 15) is 14.7 Å². The third kappa shape index (κ3) is 4.19. The Labute approximate surface area is 187 Å². The van der Waals surface area contributed by atoms with Crippen LogP contribution in [0, 0.1) is 0 Å². The van der Waals surface area contributed by atoms with Crippen molar-refractivity contribution in [3.8, 4) is 11.6 Å². The monoisotopic (exact) mass is 461 g/mol.